The fourth-order valence-corrected chi connectivity index (χ4v) is 2.80. The van der Waals surface area contributed by atoms with E-state index in [2.05, 4.69) is 26.1 Å². The zero-order valence-electron chi connectivity index (χ0n) is 17.0. The van der Waals surface area contributed by atoms with Gasteiger partial charge in [0.25, 0.3) is 5.91 Å². The normalized spacial score (nSPS) is 11.3. The van der Waals surface area contributed by atoms with Crippen molar-refractivity contribution in [2.75, 3.05) is 6.61 Å². The average Bonchev–Trinajstić information content (AvgIpc) is 2.71. The van der Waals surface area contributed by atoms with Gasteiger partial charge in [0.15, 0.2) is 5.96 Å². The van der Waals surface area contributed by atoms with Crippen molar-refractivity contribution in [2.24, 2.45) is 11.1 Å². The fraction of sp³-hybridized carbons (Fsp3) is 0.261. The molecule has 0 spiro atoms. The number of ether oxygens (including phenoxy) is 1. The number of guanidine groups is 1. The molecule has 0 atom stereocenters. The minimum absolute atomic E-state index is 0.123. The number of nitrogens with zero attached hydrogens (tertiary/aromatic N) is 1. The highest BCUT2D eigenvalue weighted by Crippen LogP contribution is 2.27. The minimum atomic E-state index is -0.431. The van der Waals surface area contributed by atoms with Gasteiger partial charge in [0.05, 0.1) is 23.4 Å². The van der Waals surface area contributed by atoms with Gasteiger partial charge in [-0.2, -0.15) is 0 Å². The third-order valence-corrected chi connectivity index (χ3v) is 4.95. The van der Waals surface area contributed by atoms with Crippen LogP contribution in [0.3, 0.4) is 0 Å². The van der Waals surface area contributed by atoms with Crippen LogP contribution in [-0.4, -0.2) is 23.5 Å². The van der Waals surface area contributed by atoms with Gasteiger partial charge in [0.2, 0.25) is 0 Å². The lowest BCUT2D eigenvalue weighted by atomic mass is 9.92. The maximum Gasteiger partial charge on any atom is 0.258 e. The number of hydrogen-bond donors (Lipinski definition) is 3. The van der Waals surface area contributed by atoms with Gasteiger partial charge in [-0.1, -0.05) is 39.0 Å². The molecule has 1 amide bonds. The highest BCUT2D eigenvalue weighted by molar-refractivity contribution is 6.12. The summed E-state index contributed by atoms with van der Waals surface area (Å²) in [7, 11) is 0. The fourth-order valence-electron chi connectivity index (χ4n) is 2.80. The van der Waals surface area contributed by atoms with Crippen molar-refractivity contribution in [3.63, 3.8) is 0 Å². The predicted molar refractivity (Wildman–Crippen MR) is 116 cm³/mol. The lowest BCUT2D eigenvalue weighted by Gasteiger charge is -2.22. The molecule has 0 unspecified atom stereocenters. The Hall–Kier alpha value is -3.41. The van der Waals surface area contributed by atoms with E-state index in [1.165, 1.54) is 0 Å². The van der Waals surface area contributed by atoms with Crippen molar-refractivity contribution >= 4 is 22.8 Å². The number of pyridine rings is 1. The number of amides is 1. The maximum atomic E-state index is 12.5. The summed E-state index contributed by atoms with van der Waals surface area (Å²) in [5, 5.41) is 10.4. The van der Waals surface area contributed by atoms with E-state index in [0.717, 1.165) is 17.7 Å². The van der Waals surface area contributed by atoms with Crippen LogP contribution in [-0.2, 0) is 0 Å². The molecule has 0 fully saturated rings. The van der Waals surface area contributed by atoms with Gasteiger partial charge < -0.3 is 10.5 Å². The number of rotatable bonds is 6. The van der Waals surface area contributed by atoms with E-state index in [-0.39, 0.29) is 5.41 Å². The third kappa shape index (κ3) is 4.90. The summed E-state index contributed by atoms with van der Waals surface area (Å²) >= 11 is 0. The molecule has 150 valence electrons. The molecule has 2 aromatic carbocycles. The van der Waals surface area contributed by atoms with E-state index in [4.69, 9.17) is 20.9 Å². The quantitative estimate of drug-likeness (QED) is 0.430. The van der Waals surface area contributed by atoms with E-state index >= 15 is 0 Å². The molecule has 6 heteroatoms. The second kappa shape index (κ2) is 8.31. The Morgan fingerprint density at radius 1 is 1.17 bits per heavy atom. The Kier molecular flexibility index (Phi) is 5.82. The number of fused-ring (bicyclic) bond motifs is 1. The number of carbonyl (C=O) groups is 1. The van der Waals surface area contributed by atoms with E-state index < -0.39 is 11.9 Å². The van der Waals surface area contributed by atoms with Gasteiger partial charge in [-0.05, 0) is 48.2 Å². The first-order valence-electron chi connectivity index (χ1n) is 9.57. The number of aromatic nitrogens is 1. The Morgan fingerprint density at radius 2 is 1.86 bits per heavy atom. The topological polar surface area (TPSA) is 101 Å². The molecule has 4 N–H and O–H groups in total. The molecule has 0 radical (unpaired) electrons. The number of nitrogens with one attached hydrogen (secondary N) is 2. The molecule has 3 aromatic rings. The summed E-state index contributed by atoms with van der Waals surface area (Å²) in [4.78, 5) is 17.2. The van der Waals surface area contributed by atoms with Gasteiger partial charge in [0, 0.05) is 10.9 Å². The predicted octanol–water partition coefficient (Wildman–Crippen LogP) is 4.34. The Balaban J connectivity index is 1.93. The molecule has 0 aliphatic rings. The highest BCUT2D eigenvalue weighted by Gasteiger charge is 2.17. The molecule has 0 aliphatic carbocycles. The van der Waals surface area contributed by atoms with E-state index in [0.29, 0.717) is 28.8 Å². The van der Waals surface area contributed by atoms with Crippen LogP contribution in [0.2, 0.25) is 0 Å². The summed E-state index contributed by atoms with van der Waals surface area (Å²) in [5.41, 5.74) is 8.11. The smallest absolute Gasteiger partial charge is 0.258 e. The molecule has 1 aromatic heterocycles. The first-order valence-corrected chi connectivity index (χ1v) is 9.57. The van der Waals surface area contributed by atoms with Crippen LogP contribution in [0, 0.1) is 10.8 Å². The summed E-state index contributed by atoms with van der Waals surface area (Å²) in [6, 6.07) is 16.8. The second-order valence-corrected chi connectivity index (χ2v) is 7.77. The summed E-state index contributed by atoms with van der Waals surface area (Å²) in [6.45, 7) is 7.14. The van der Waals surface area contributed by atoms with Crippen LogP contribution < -0.4 is 15.8 Å². The molecule has 6 nitrogen and oxygen atoms in total. The van der Waals surface area contributed by atoms with Gasteiger partial charge in [0.1, 0.15) is 5.75 Å². The molecular formula is C23H26N4O2. The SMILES string of the molecule is CCC(C)(C)COc1ccc(-c2cc(C(=O)NC(=N)N)c3ccccc3n2)cc1. The zero-order valence-corrected chi connectivity index (χ0v) is 17.0. The molecule has 3 rings (SSSR count). The van der Waals surface area contributed by atoms with Crippen molar-refractivity contribution in [2.45, 2.75) is 27.2 Å². The van der Waals surface area contributed by atoms with Crippen LogP contribution in [0.5, 0.6) is 5.75 Å². The molecule has 1 heterocycles. The Morgan fingerprint density at radius 3 is 2.52 bits per heavy atom. The molecule has 0 saturated heterocycles. The number of para-hydroxylation sites is 1. The lowest BCUT2D eigenvalue weighted by molar-refractivity contribution is 0.0978. The van der Waals surface area contributed by atoms with Crippen molar-refractivity contribution in [1.29, 1.82) is 5.41 Å². The molecule has 0 aliphatic heterocycles. The Labute approximate surface area is 170 Å². The molecule has 0 bridgehead atoms. The van der Waals surface area contributed by atoms with Crippen molar-refractivity contribution in [3.05, 3.63) is 60.2 Å². The highest BCUT2D eigenvalue weighted by atomic mass is 16.5. The molecular weight excluding hydrogens is 364 g/mol. The number of benzene rings is 2. The van der Waals surface area contributed by atoms with Crippen LogP contribution in [0.25, 0.3) is 22.2 Å². The second-order valence-electron chi connectivity index (χ2n) is 7.77. The average molecular weight is 390 g/mol. The van der Waals surface area contributed by atoms with E-state index in [1.54, 1.807) is 6.07 Å². The third-order valence-electron chi connectivity index (χ3n) is 4.95. The number of nitrogens with two attached hydrogens (primary N) is 1. The summed E-state index contributed by atoms with van der Waals surface area (Å²) < 4.78 is 5.91. The summed E-state index contributed by atoms with van der Waals surface area (Å²) in [5.74, 6) is -0.0290. The van der Waals surface area contributed by atoms with Gasteiger partial charge >= 0.3 is 0 Å². The van der Waals surface area contributed by atoms with Crippen molar-refractivity contribution in [3.8, 4) is 17.0 Å². The van der Waals surface area contributed by atoms with Crippen molar-refractivity contribution < 1.29 is 9.53 Å². The lowest BCUT2D eigenvalue weighted by Crippen LogP contribution is -2.35. The van der Waals surface area contributed by atoms with E-state index in [1.807, 2.05) is 48.5 Å². The first kappa shape index (κ1) is 20.3. The molecule has 29 heavy (non-hydrogen) atoms. The van der Waals surface area contributed by atoms with Crippen LogP contribution in [0.4, 0.5) is 0 Å². The monoisotopic (exact) mass is 390 g/mol. The molecule has 0 saturated carbocycles. The largest absolute Gasteiger partial charge is 0.493 e. The van der Waals surface area contributed by atoms with Crippen LogP contribution in [0.1, 0.15) is 37.6 Å². The van der Waals surface area contributed by atoms with Crippen molar-refractivity contribution in [1.82, 2.24) is 10.3 Å². The standard InChI is InChI=1S/C23H26N4O2/c1-4-23(2,3)14-29-16-11-9-15(10-12-16)20-13-18(21(28)27-22(24)25)17-7-5-6-8-19(17)26-20/h5-13H,4,14H2,1-3H3,(H4,24,25,27,28). The summed E-state index contributed by atoms with van der Waals surface area (Å²) in [6.07, 6.45) is 1.04. The number of hydrogen-bond acceptors (Lipinski definition) is 4. The zero-order chi connectivity index (χ0) is 21.0. The van der Waals surface area contributed by atoms with E-state index in [9.17, 15) is 4.79 Å². The van der Waals surface area contributed by atoms with Gasteiger partial charge in [-0.15, -0.1) is 0 Å². The van der Waals surface area contributed by atoms with Crippen LogP contribution >= 0.6 is 0 Å². The maximum absolute atomic E-state index is 12.5. The van der Waals surface area contributed by atoms with Crippen LogP contribution in [0.15, 0.2) is 54.6 Å². The Bertz CT molecular complexity index is 1040. The van der Waals surface area contributed by atoms with Gasteiger partial charge in [-0.25, -0.2) is 4.98 Å². The first-order chi connectivity index (χ1) is 13.8. The number of carbonyl (C=O) groups excluding carboxylic acids is 1. The van der Waals surface area contributed by atoms with Gasteiger partial charge in [-0.3, -0.25) is 15.5 Å². The minimum Gasteiger partial charge on any atom is -0.493 e.